The first-order valence-electron chi connectivity index (χ1n) is 9.39. The number of aromatic nitrogens is 4. The van der Waals surface area contributed by atoms with Crippen molar-refractivity contribution in [2.45, 2.75) is 13.0 Å². The molecule has 1 amide bonds. The molecular weight excluding hydrogens is 404 g/mol. The van der Waals surface area contributed by atoms with Crippen LogP contribution in [0.1, 0.15) is 29.0 Å². The van der Waals surface area contributed by atoms with Crippen LogP contribution < -0.4 is 10.0 Å². The lowest BCUT2D eigenvalue weighted by atomic mass is 10.1. The lowest BCUT2D eigenvalue weighted by Crippen LogP contribution is -2.38. The number of halogens is 2. The Hall–Kier alpha value is -4.14. The Morgan fingerprint density at radius 3 is 2.52 bits per heavy atom. The van der Waals surface area contributed by atoms with Gasteiger partial charge in [0.2, 0.25) is 11.9 Å². The standard InChI is InChI=1S/C22H17F2N5O2/c1-14(19-9-7-17(24)12-29(19)31)26-22(30)18-13-28(20-10-8-16(23)11-25-20)27-21(18)15-5-3-2-4-6-15/h2-14H,1H3,(H,26,30)/t14-/m1/s1. The minimum atomic E-state index is -0.693. The predicted molar refractivity (Wildman–Crippen MR) is 108 cm³/mol. The molecule has 0 aliphatic heterocycles. The second-order valence-electron chi connectivity index (χ2n) is 6.83. The van der Waals surface area contributed by atoms with Gasteiger partial charge in [0.25, 0.3) is 5.91 Å². The molecule has 0 aliphatic rings. The molecule has 31 heavy (non-hydrogen) atoms. The van der Waals surface area contributed by atoms with Gasteiger partial charge in [-0.15, -0.1) is 0 Å². The monoisotopic (exact) mass is 421 g/mol. The molecule has 4 aromatic rings. The maximum absolute atomic E-state index is 13.2. The van der Waals surface area contributed by atoms with Crippen LogP contribution in [0.15, 0.2) is 73.2 Å². The number of pyridine rings is 2. The zero-order chi connectivity index (χ0) is 22.0. The summed E-state index contributed by atoms with van der Waals surface area (Å²) < 4.78 is 28.2. The van der Waals surface area contributed by atoms with E-state index in [0.29, 0.717) is 21.8 Å². The molecule has 0 fully saturated rings. The van der Waals surface area contributed by atoms with Gasteiger partial charge in [-0.3, -0.25) is 4.79 Å². The minimum absolute atomic E-state index is 0.184. The summed E-state index contributed by atoms with van der Waals surface area (Å²) in [6.45, 7) is 1.62. The van der Waals surface area contributed by atoms with Crippen LogP contribution in [0.25, 0.3) is 17.1 Å². The van der Waals surface area contributed by atoms with E-state index in [4.69, 9.17) is 0 Å². The highest BCUT2D eigenvalue weighted by molar-refractivity contribution is 6.00. The van der Waals surface area contributed by atoms with E-state index < -0.39 is 23.6 Å². The fourth-order valence-corrected chi connectivity index (χ4v) is 3.12. The normalized spacial score (nSPS) is 11.8. The SMILES string of the molecule is C[C@@H](NC(=O)c1cn(-c2ccc(F)cn2)nc1-c1ccccc1)c1ccc(F)c[n+]1[O-]. The molecule has 0 radical (unpaired) electrons. The van der Waals surface area contributed by atoms with Crippen molar-refractivity contribution in [2.24, 2.45) is 0 Å². The smallest absolute Gasteiger partial charge is 0.255 e. The first-order chi connectivity index (χ1) is 14.9. The van der Waals surface area contributed by atoms with Gasteiger partial charge in [0.05, 0.1) is 11.8 Å². The number of carbonyl (C=O) groups excluding carboxylic acids is 1. The Morgan fingerprint density at radius 1 is 1.10 bits per heavy atom. The summed E-state index contributed by atoms with van der Waals surface area (Å²) in [7, 11) is 0. The van der Waals surface area contributed by atoms with Crippen molar-refractivity contribution >= 4 is 5.91 Å². The van der Waals surface area contributed by atoms with E-state index in [1.54, 1.807) is 19.1 Å². The molecular formula is C22H17F2N5O2. The molecule has 3 aromatic heterocycles. The van der Waals surface area contributed by atoms with Crippen LogP contribution in [0.5, 0.6) is 0 Å². The number of nitrogens with zero attached hydrogens (tertiary/aromatic N) is 4. The van der Waals surface area contributed by atoms with Crippen molar-refractivity contribution in [2.75, 3.05) is 0 Å². The van der Waals surface area contributed by atoms with E-state index in [1.807, 2.05) is 18.2 Å². The van der Waals surface area contributed by atoms with Crippen molar-refractivity contribution in [3.05, 3.63) is 101 Å². The molecule has 0 saturated carbocycles. The van der Waals surface area contributed by atoms with Gasteiger partial charge < -0.3 is 10.5 Å². The summed E-state index contributed by atoms with van der Waals surface area (Å²) in [6.07, 6.45) is 3.34. The summed E-state index contributed by atoms with van der Waals surface area (Å²) in [6, 6.07) is 13.5. The first-order valence-corrected chi connectivity index (χ1v) is 9.39. The third-order valence-corrected chi connectivity index (χ3v) is 4.65. The van der Waals surface area contributed by atoms with E-state index in [1.165, 1.54) is 29.1 Å². The second kappa shape index (κ2) is 8.31. The van der Waals surface area contributed by atoms with Crippen LogP contribution in [-0.4, -0.2) is 20.7 Å². The summed E-state index contributed by atoms with van der Waals surface area (Å²) in [5, 5.41) is 19.2. The number of rotatable bonds is 5. The van der Waals surface area contributed by atoms with Crippen molar-refractivity contribution in [3.63, 3.8) is 0 Å². The van der Waals surface area contributed by atoms with Gasteiger partial charge in [0.1, 0.15) is 17.6 Å². The van der Waals surface area contributed by atoms with Crippen molar-refractivity contribution in [1.29, 1.82) is 0 Å². The third-order valence-electron chi connectivity index (χ3n) is 4.65. The summed E-state index contributed by atoms with van der Waals surface area (Å²) in [4.78, 5) is 17.1. The molecule has 9 heteroatoms. The first kappa shape index (κ1) is 20.1. The molecule has 4 rings (SSSR count). The summed E-state index contributed by atoms with van der Waals surface area (Å²) in [5.41, 5.74) is 1.51. The molecule has 1 N–H and O–H groups in total. The molecule has 1 aromatic carbocycles. The van der Waals surface area contributed by atoms with Crippen LogP contribution in [0, 0.1) is 16.8 Å². The Bertz CT molecular complexity index is 1230. The Kier molecular flexibility index (Phi) is 5.40. The number of benzene rings is 1. The molecule has 0 aliphatic carbocycles. The molecule has 0 bridgehead atoms. The van der Waals surface area contributed by atoms with E-state index in [0.717, 1.165) is 18.5 Å². The van der Waals surface area contributed by atoms with Crippen LogP contribution in [0.3, 0.4) is 0 Å². The summed E-state index contributed by atoms with van der Waals surface area (Å²) >= 11 is 0. The fraction of sp³-hybridized carbons (Fsp3) is 0.0909. The highest BCUT2D eigenvalue weighted by atomic mass is 19.1. The lowest BCUT2D eigenvalue weighted by Gasteiger charge is -2.13. The lowest BCUT2D eigenvalue weighted by molar-refractivity contribution is -0.617. The van der Waals surface area contributed by atoms with Crippen LogP contribution in [0.4, 0.5) is 8.78 Å². The number of amides is 1. The molecule has 156 valence electrons. The maximum atomic E-state index is 13.2. The van der Waals surface area contributed by atoms with E-state index in [-0.39, 0.29) is 11.3 Å². The van der Waals surface area contributed by atoms with Crippen LogP contribution in [0.2, 0.25) is 0 Å². The van der Waals surface area contributed by atoms with Gasteiger partial charge in [0.15, 0.2) is 11.6 Å². The second-order valence-corrected chi connectivity index (χ2v) is 6.83. The Balaban J connectivity index is 1.70. The van der Waals surface area contributed by atoms with Gasteiger partial charge in [0, 0.05) is 17.8 Å². The molecule has 3 heterocycles. The predicted octanol–water partition coefficient (Wildman–Crippen LogP) is 3.34. The zero-order valence-corrected chi connectivity index (χ0v) is 16.4. The number of carbonyl (C=O) groups is 1. The maximum Gasteiger partial charge on any atom is 0.255 e. The van der Waals surface area contributed by atoms with Gasteiger partial charge in [-0.2, -0.15) is 9.83 Å². The molecule has 0 unspecified atom stereocenters. The molecule has 1 atom stereocenters. The minimum Gasteiger partial charge on any atom is -0.618 e. The van der Waals surface area contributed by atoms with Crippen LogP contribution >= 0.6 is 0 Å². The number of hydrogen-bond donors (Lipinski definition) is 1. The Labute approximate surface area is 176 Å². The summed E-state index contributed by atoms with van der Waals surface area (Å²) in [5.74, 6) is -1.31. The largest absolute Gasteiger partial charge is 0.618 e. The quantitative estimate of drug-likeness (QED) is 0.396. The van der Waals surface area contributed by atoms with Gasteiger partial charge >= 0.3 is 0 Å². The molecule has 7 nitrogen and oxygen atoms in total. The number of hydrogen-bond acceptors (Lipinski definition) is 4. The zero-order valence-electron chi connectivity index (χ0n) is 16.4. The third kappa shape index (κ3) is 4.25. The highest BCUT2D eigenvalue weighted by Crippen LogP contribution is 2.24. The van der Waals surface area contributed by atoms with E-state index in [9.17, 15) is 18.8 Å². The topological polar surface area (TPSA) is 86.8 Å². The highest BCUT2D eigenvalue weighted by Gasteiger charge is 2.23. The fourth-order valence-electron chi connectivity index (χ4n) is 3.12. The molecule has 0 saturated heterocycles. The van der Waals surface area contributed by atoms with Crippen molar-refractivity contribution < 1.29 is 18.3 Å². The van der Waals surface area contributed by atoms with Crippen molar-refractivity contribution in [1.82, 2.24) is 20.1 Å². The van der Waals surface area contributed by atoms with E-state index in [2.05, 4.69) is 15.4 Å². The van der Waals surface area contributed by atoms with Gasteiger partial charge in [-0.1, -0.05) is 30.3 Å². The van der Waals surface area contributed by atoms with Gasteiger partial charge in [-0.25, -0.2) is 18.4 Å². The average Bonchev–Trinajstić information content (AvgIpc) is 3.20. The van der Waals surface area contributed by atoms with Crippen molar-refractivity contribution in [3.8, 4) is 17.1 Å². The number of nitrogens with one attached hydrogen (secondary N) is 1. The van der Waals surface area contributed by atoms with Crippen LogP contribution in [-0.2, 0) is 0 Å². The Morgan fingerprint density at radius 2 is 1.84 bits per heavy atom. The van der Waals surface area contributed by atoms with Gasteiger partial charge in [-0.05, 0) is 25.1 Å². The average molecular weight is 421 g/mol. The molecule has 0 spiro atoms. The van der Waals surface area contributed by atoms with E-state index >= 15 is 0 Å².